The maximum Gasteiger partial charge on any atom is 0.273 e. The number of likely N-dealkylation sites (tertiary alicyclic amines) is 1. The van der Waals surface area contributed by atoms with Crippen molar-refractivity contribution in [3.05, 3.63) is 41.4 Å². The second-order valence-corrected chi connectivity index (χ2v) is 6.66. The number of aryl methyl sites for hydroxylation is 1. The normalized spacial score (nSPS) is 16.2. The lowest BCUT2D eigenvalue weighted by Crippen LogP contribution is -2.42. The van der Waals surface area contributed by atoms with Gasteiger partial charge < -0.3 is 10.1 Å². The molecular weight excluding hydrogens is 310 g/mol. The van der Waals surface area contributed by atoms with Crippen LogP contribution in [0.15, 0.2) is 35.8 Å². The largest absolute Gasteiger partial charge is 0.467 e. The summed E-state index contributed by atoms with van der Waals surface area (Å²) in [6.45, 7) is 4.20. The van der Waals surface area contributed by atoms with E-state index in [1.165, 1.54) is 16.9 Å². The molecule has 1 aromatic carbocycles. The molecule has 1 aromatic heterocycles. The van der Waals surface area contributed by atoms with E-state index in [0.29, 0.717) is 6.54 Å². The molecule has 1 aliphatic heterocycles. The SMILES string of the molecule is Cc1ccc(NC(=O)CN2CCC(Oc3nccs3)CC2)cc1. The third-order valence-corrected chi connectivity index (χ3v) is 4.58. The van der Waals surface area contributed by atoms with Crippen LogP contribution in [0.1, 0.15) is 18.4 Å². The molecule has 0 saturated carbocycles. The molecule has 122 valence electrons. The average molecular weight is 331 g/mol. The number of anilines is 1. The number of benzene rings is 1. The van der Waals surface area contributed by atoms with E-state index in [9.17, 15) is 4.79 Å². The molecule has 2 heterocycles. The molecule has 0 unspecified atom stereocenters. The van der Waals surface area contributed by atoms with Crippen LogP contribution in [-0.2, 0) is 4.79 Å². The minimum Gasteiger partial charge on any atom is -0.467 e. The molecule has 1 amide bonds. The van der Waals surface area contributed by atoms with E-state index in [4.69, 9.17) is 4.74 Å². The lowest BCUT2D eigenvalue weighted by atomic mass is 10.1. The van der Waals surface area contributed by atoms with Gasteiger partial charge in [0, 0.05) is 30.4 Å². The molecule has 2 aromatic rings. The summed E-state index contributed by atoms with van der Waals surface area (Å²) in [5, 5.41) is 5.60. The van der Waals surface area contributed by atoms with Crippen LogP contribution >= 0.6 is 11.3 Å². The number of hydrogen-bond donors (Lipinski definition) is 1. The van der Waals surface area contributed by atoms with Gasteiger partial charge in [-0.3, -0.25) is 9.69 Å². The van der Waals surface area contributed by atoms with Crippen LogP contribution in [0.3, 0.4) is 0 Å². The van der Waals surface area contributed by atoms with Gasteiger partial charge in [0.2, 0.25) is 5.91 Å². The summed E-state index contributed by atoms with van der Waals surface area (Å²) in [5.74, 6) is 0.0353. The second-order valence-electron chi connectivity index (χ2n) is 5.81. The van der Waals surface area contributed by atoms with Crippen LogP contribution < -0.4 is 10.1 Å². The molecule has 0 bridgehead atoms. The summed E-state index contributed by atoms with van der Waals surface area (Å²) in [4.78, 5) is 18.4. The molecule has 0 atom stereocenters. The molecule has 3 rings (SSSR count). The number of aromatic nitrogens is 1. The zero-order valence-electron chi connectivity index (χ0n) is 13.2. The van der Waals surface area contributed by atoms with Crippen molar-refractivity contribution >= 4 is 22.9 Å². The first-order valence-corrected chi connectivity index (χ1v) is 8.72. The molecule has 6 heteroatoms. The van der Waals surface area contributed by atoms with Gasteiger partial charge in [0.25, 0.3) is 5.19 Å². The van der Waals surface area contributed by atoms with Crippen molar-refractivity contribution in [3.8, 4) is 5.19 Å². The lowest BCUT2D eigenvalue weighted by Gasteiger charge is -2.30. The summed E-state index contributed by atoms with van der Waals surface area (Å²) >= 11 is 1.52. The summed E-state index contributed by atoms with van der Waals surface area (Å²) in [6.07, 6.45) is 3.82. The number of nitrogens with one attached hydrogen (secondary N) is 1. The minimum atomic E-state index is 0.0353. The van der Waals surface area contributed by atoms with Crippen molar-refractivity contribution in [2.75, 3.05) is 25.0 Å². The highest BCUT2D eigenvalue weighted by atomic mass is 32.1. The molecule has 23 heavy (non-hydrogen) atoms. The van der Waals surface area contributed by atoms with Gasteiger partial charge in [0.15, 0.2) is 0 Å². The van der Waals surface area contributed by atoms with Crippen LogP contribution in [0, 0.1) is 6.92 Å². The molecule has 1 N–H and O–H groups in total. The van der Waals surface area contributed by atoms with E-state index in [2.05, 4.69) is 15.2 Å². The molecule has 0 aliphatic carbocycles. The Morgan fingerprint density at radius 1 is 1.35 bits per heavy atom. The van der Waals surface area contributed by atoms with E-state index in [1.54, 1.807) is 6.20 Å². The van der Waals surface area contributed by atoms with E-state index < -0.39 is 0 Å². The van der Waals surface area contributed by atoms with Crippen LogP contribution in [0.5, 0.6) is 5.19 Å². The first-order valence-electron chi connectivity index (χ1n) is 7.84. The van der Waals surface area contributed by atoms with E-state index in [0.717, 1.165) is 36.8 Å². The van der Waals surface area contributed by atoms with E-state index in [1.807, 2.05) is 36.6 Å². The first-order chi connectivity index (χ1) is 11.2. The molecular formula is C17H21N3O2S. The summed E-state index contributed by atoms with van der Waals surface area (Å²) in [7, 11) is 0. The van der Waals surface area contributed by atoms with Crippen LogP contribution in [-0.4, -0.2) is 41.5 Å². The van der Waals surface area contributed by atoms with Crippen molar-refractivity contribution in [1.29, 1.82) is 0 Å². The summed E-state index contributed by atoms with van der Waals surface area (Å²) < 4.78 is 5.84. The van der Waals surface area contributed by atoms with E-state index in [-0.39, 0.29) is 12.0 Å². The van der Waals surface area contributed by atoms with Crippen molar-refractivity contribution in [3.63, 3.8) is 0 Å². The standard InChI is InChI=1S/C17H21N3O2S/c1-13-2-4-14(5-3-13)19-16(21)12-20-9-6-15(7-10-20)22-17-18-8-11-23-17/h2-5,8,11,15H,6-7,9-10,12H2,1H3,(H,19,21). The summed E-state index contributed by atoms with van der Waals surface area (Å²) in [5.41, 5.74) is 2.04. The Morgan fingerprint density at radius 3 is 2.74 bits per heavy atom. The second kappa shape index (κ2) is 7.57. The van der Waals surface area contributed by atoms with Crippen molar-refractivity contribution in [2.45, 2.75) is 25.9 Å². The van der Waals surface area contributed by atoms with Crippen LogP contribution in [0.4, 0.5) is 5.69 Å². The van der Waals surface area contributed by atoms with Gasteiger partial charge in [-0.25, -0.2) is 4.98 Å². The fourth-order valence-corrected chi connectivity index (χ4v) is 3.19. The average Bonchev–Trinajstić information content (AvgIpc) is 3.04. The Labute approximate surface area is 140 Å². The maximum atomic E-state index is 12.1. The lowest BCUT2D eigenvalue weighted by molar-refractivity contribution is -0.117. The molecule has 0 radical (unpaired) electrons. The number of amides is 1. The van der Waals surface area contributed by atoms with Gasteiger partial charge in [-0.15, -0.1) is 0 Å². The van der Waals surface area contributed by atoms with Crippen LogP contribution in [0.2, 0.25) is 0 Å². The van der Waals surface area contributed by atoms with Gasteiger partial charge in [-0.2, -0.15) is 0 Å². The minimum absolute atomic E-state index is 0.0353. The van der Waals surface area contributed by atoms with Gasteiger partial charge in [-0.1, -0.05) is 29.0 Å². The Hall–Kier alpha value is -1.92. The molecule has 1 fully saturated rings. The third kappa shape index (κ3) is 4.77. The van der Waals surface area contributed by atoms with Crippen molar-refractivity contribution < 1.29 is 9.53 Å². The zero-order chi connectivity index (χ0) is 16.1. The summed E-state index contributed by atoms with van der Waals surface area (Å²) in [6, 6.07) is 7.86. The number of nitrogens with zero attached hydrogens (tertiary/aromatic N) is 2. The predicted molar refractivity (Wildman–Crippen MR) is 92.0 cm³/mol. The molecule has 1 saturated heterocycles. The van der Waals surface area contributed by atoms with Crippen molar-refractivity contribution in [1.82, 2.24) is 9.88 Å². The Kier molecular flexibility index (Phi) is 5.25. The number of piperidine rings is 1. The topological polar surface area (TPSA) is 54.5 Å². The monoisotopic (exact) mass is 331 g/mol. The quantitative estimate of drug-likeness (QED) is 0.915. The van der Waals surface area contributed by atoms with Crippen LogP contribution in [0.25, 0.3) is 0 Å². The van der Waals surface area contributed by atoms with E-state index >= 15 is 0 Å². The number of carbonyl (C=O) groups excluding carboxylic acids is 1. The number of rotatable bonds is 5. The van der Waals surface area contributed by atoms with Crippen molar-refractivity contribution in [2.24, 2.45) is 0 Å². The predicted octanol–water partition coefficient (Wildman–Crippen LogP) is 2.93. The highest BCUT2D eigenvalue weighted by molar-refractivity contribution is 7.11. The fraction of sp³-hybridized carbons (Fsp3) is 0.412. The Balaban J connectivity index is 1.41. The number of carbonyl (C=O) groups is 1. The number of hydrogen-bond acceptors (Lipinski definition) is 5. The number of ether oxygens (including phenoxy) is 1. The fourth-order valence-electron chi connectivity index (χ4n) is 2.64. The van der Waals surface area contributed by atoms with Gasteiger partial charge in [0.1, 0.15) is 6.10 Å². The first kappa shape index (κ1) is 16.0. The molecule has 0 spiro atoms. The Bertz CT molecular complexity index is 620. The molecule has 1 aliphatic rings. The van der Waals surface area contributed by atoms with Gasteiger partial charge in [0.05, 0.1) is 6.54 Å². The zero-order valence-corrected chi connectivity index (χ0v) is 14.0. The number of thiazole rings is 1. The molecule has 5 nitrogen and oxygen atoms in total. The highest BCUT2D eigenvalue weighted by Crippen LogP contribution is 2.20. The van der Waals surface area contributed by atoms with Gasteiger partial charge in [-0.05, 0) is 31.9 Å². The van der Waals surface area contributed by atoms with Gasteiger partial charge >= 0.3 is 0 Å². The smallest absolute Gasteiger partial charge is 0.273 e. The Morgan fingerprint density at radius 2 is 2.09 bits per heavy atom. The third-order valence-electron chi connectivity index (χ3n) is 3.91. The maximum absolute atomic E-state index is 12.1. The highest BCUT2D eigenvalue weighted by Gasteiger charge is 2.22.